The number of nitrogens with one attached hydrogen (secondary N) is 2. The number of carbonyl (C=O) groups excluding carboxylic acids is 1. The van der Waals surface area contributed by atoms with Gasteiger partial charge in [0.15, 0.2) is 5.69 Å². The van der Waals surface area contributed by atoms with E-state index in [1.165, 1.54) is 11.1 Å². The van der Waals surface area contributed by atoms with E-state index in [0.717, 1.165) is 13.0 Å². The van der Waals surface area contributed by atoms with Crippen molar-refractivity contribution in [2.45, 2.75) is 32.1 Å². The zero-order valence-corrected chi connectivity index (χ0v) is 14.3. The van der Waals surface area contributed by atoms with Crippen LogP contribution in [-0.4, -0.2) is 40.9 Å². The van der Waals surface area contributed by atoms with Crippen LogP contribution in [0.4, 0.5) is 13.2 Å². The number of carboxylic acid groups (broad SMARTS) is 1. The number of amides is 1. The lowest BCUT2D eigenvalue weighted by atomic mass is 9.96. The first-order valence-electron chi connectivity index (χ1n) is 7.98. The number of halogens is 3. The monoisotopic (exact) mass is 385 g/mol. The molecule has 7 nitrogen and oxygen atoms in total. The number of hydrogen-bond acceptors (Lipinski definition) is 5. The van der Waals surface area contributed by atoms with E-state index in [-0.39, 0.29) is 11.9 Å². The van der Waals surface area contributed by atoms with E-state index in [2.05, 4.69) is 40.1 Å². The molecule has 1 aliphatic rings. The molecule has 0 aliphatic carbocycles. The van der Waals surface area contributed by atoms with Gasteiger partial charge in [0.05, 0.1) is 0 Å². The summed E-state index contributed by atoms with van der Waals surface area (Å²) in [5, 5.41) is 17.2. The van der Waals surface area contributed by atoms with Crippen molar-refractivity contribution in [2.24, 2.45) is 0 Å². The Balaban J connectivity index is 0.000000321. The third kappa shape index (κ3) is 6.10. The number of fused-ring (bicyclic) bond motifs is 1. The van der Waals surface area contributed by atoms with Crippen LogP contribution in [0.15, 0.2) is 34.9 Å². The molecule has 1 aliphatic heterocycles. The molecule has 1 atom stereocenters. The number of aliphatic carboxylic acids is 1. The van der Waals surface area contributed by atoms with Gasteiger partial charge in [-0.15, -0.1) is 0 Å². The second-order valence-electron chi connectivity index (χ2n) is 5.89. The predicted molar refractivity (Wildman–Crippen MR) is 88.0 cm³/mol. The Labute approximate surface area is 152 Å². The van der Waals surface area contributed by atoms with Crippen LogP contribution in [0.3, 0.4) is 0 Å². The van der Waals surface area contributed by atoms with Crippen molar-refractivity contribution in [3.8, 4) is 0 Å². The van der Waals surface area contributed by atoms with Gasteiger partial charge in [-0.3, -0.25) is 4.79 Å². The summed E-state index contributed by atoms with van der Waals surface area (Å²) in [7, 11) is 0. The SMILES string of the molecule is Cc1cc(C(=O)NC[C@@H]2Cc3ccccc3CN2)no1.O=C(O)C(F)(F)F. The minimum absolute atomic E-state index is 0.192. The number of rotatable bonds is 3. The average molecular weight is 385 g/mol. The fourth-order valence-corrected chi connectivity index (χ4v) is 2.45. The highest BCUT2D eigenvalue weighted by Gasteiger charge is 2.38. The summed E-state index contributed by atoms with van der Waals surface area (Å²) in [6.45, 7) is 3.20. The van der Waals surface area contributed by atoms with E-state index >= 15 is 0 Å². The average Bonchev–Trinajstić information content (AvgIpc) is 3.06. The summed E-state index contributed by atoms with van der Waals surface area (Å²) in [4.78, 5) is 20.8. The summed E-state index contributed by atoms with van der Waals surface area (Å²) in [6, 6.07) is 10.3. The van der Waals surface area contributed by atoms with Crippen LogP contribution in [0.1, 0.15) is 27.4 Å². The van der Waals surface area contributed by atoms with Gasteiger partial charge in [-0.25, -0.2) is 4.79 Å². The van der Waals surface area contributed by atoms with E-state index in [1.54, 1.807) is 13.0 Å². The van der Waals surface area contributed by atoms with Gasteiger partial charge in [0.2, 0.25) is 0 Å². The maximum absolute atomic E-state index is 11.9. The zero-order valence-electron chi connectivity index (χ0n) is 14.3. The molecule has 146 valence electrons. The largest absolute Gasteiger partial charge is 0.490 e. The summed E-state index contributed by atoms with van der Waals surface area (Å²) < 4.78 is 36.6. The normalized spacial score (nSPS) is 15.9. The molecule has 0 radical (unpaired) electrons. The molecule has 10 heteroatoms. The van der Waals surface area contributed by atoms with Crippen molar-refractivity contribution in [1.82, 2.24) is 15.8 Å². The standard InChI is InChI=1S/C15H17N3O2.C2HF3O2/c1-10-6-14(18-20-10)15(19)17-9-13-7-11-4-2-3-5-12(11)8-16-13;3-2(4,5)1(6)7/h2-6,13,16H,7-9H2,1H3,(H,17,19);(H,6,7)/t13-;/m0./s1. The number of alkyl halides is 3. The second-order valence-corrected chi connectivity index (χ2v) is 5.89. The minimum Gasteiger partial charge on any atom is -0.475 e. The predicted octanol–water partition coefficient (Wildman–Crippen LogP) is 2.06. The second kappa shape index (κ2) is 8.67. The first-order chi connectivity index (χ1) is 12.7. The number of carboxylic acids is 1. The maximum atomic E-state index is 11.9. The van der Waals surface area contributed by atoms with E-state index in [0.29, 0.717) is 18.0 Å². The number of aryl methyl sites for hydroxylation is 1. The third-order valence-corrected chi connectivity index (χ3v) is 3.78. The van der Waals surface area contributed by atoms with Gasteiger partial charge in [-0.1, -0.05) is 29.4 Å². The molecule has 0 spiro atoms. The van der Waals surface area contributed by atoms with Gasteiger partial charge in [0.1, 0.15) is 5.76 Å². The van der Waals surface area contributed by atoms with Gasteiger partial charge in [-0.05, 0) is 24.5 Å². The summed E-state index contributed by atoms with van der Waals surface area (Å²) in [6.07, 6.45) is -4.16. The van der Waals surface area contributed by atoms with Gasteiger partial charge in [0.25, 0.3) is 5.91 Å². The van der Waals surface area contributed by atoms with Gasteiger partial charge in [0, 0.05) is 25.2 Å². The van der Waals surface area contributed by atoms with E-state index in [9.17, 15) is 18.0 Å². The summed E-state index contributed by atoms with van der Waals surface area (Å²) in [5.41, 5.74) is 3.02. The van der Waals surface area contributed by atoms with Crippen molar-refractivity contribution in [3.63, 3.8) is 0 Å². The van der Waals surface area contributed by atoms with Crippen molar-refractivity contribution >= 4 is 11.9 Å². The molecule has 0 unspecified atom stereocenters. The first-order valence-corrected chi connectivity index (χ1v) is 7.98. The highest BCUT2D eigenvalue weighted by atomic mass is 19.4. The molecular weight excluding hydrogens is 367 g/mol. The van der Waals surface area contributed by atoms with E-state index in [1.807, 2.05) is 0 Å². The Morgan fingerprint density at radius 3 is 2.52 bits per heavy atom. The quantitative estimate of drug-likeness (QED) is 0.747. The molecular formula is C17H18F3N3O4. The lowest BCUT2D eigenvalue weighted by molar-refractivity contribution is -0.192. The maximum Gasteiger partial charge on any atom is 0.490 e. The van der Waals surface area contributed by atoms with Gasteiger partial charge < -0.3 is 20.3 Å². The lowest BCUT2D eigenvalue weighted by Gasteiger charge is -2.26. The molecule has 0 bridgehead atoms. The van der Waals surface area contributed by atoms with Gasteiger partial charge >= 0.3 is 12.1 Å². The lowest BCUT2D eigenvalue weighted by Crippen LogP contribution is -2.44. The molecule has 1 amide bonds. The van der Waals surface area contributed by atoms with Gasteiger partial charge in [-0.2, -0.15) is 13.2 Å². The number of aromatic nitrogens is 1. The Hall–Kier alpha value is -2.88. The molecule has 1 aromatic carbocycles. The van der Waals surface area contributed by atoms with Crippen LogP contribution in [0.2, 0.25) is 0 Å². The Morgan fingerprint density at radius 1 is 1.33 bits per heavy atom. The Kier molecular flexibility index (Phi) is 6.56. The molecule has 0 fully saturated rings. The van der Waals surface area contributed by atoms with Crippen LogP contribution < -0.4 is 10.6 Å². The molecule has 3 N–H and O–H groups in total. The smallest absolute Gasteiger partial charge is 0.475 e. The van der Waals surface area contributed by atoms with Crippen LogP contribution in [-0.2, 0) is 17.8 Å². The molecule has 27 heavy (non-hydrogen) atoms. The fourth-order valence-electron chi connectivity index (χ4n) is 2.45. The van der Waals surface area contributed by atoms with E-state index in [4.69, 9.17) is 14.4 Å². The third-order valence-electron chi connectivity index (χ3n) is 3.78. The van der Waals surface area contributed by atoms with Crippen molar-refractivity contribution < 1.29 is 32.4 Å². The first kappa shape index (κ1) is 20.4. The number of benzene rings is 1. The van der Waals surface area contributed by atoms with Crippen LogP contribution in [0.25, 0.3) is 0 Å². The topological polar surface area (TPSA) is 104 Å². The Bertz CT molecular complexity index is 805. The van der Waals surface area contributed by atoms with Crippen LogP contribution >= 0.6 is 0 Å². The fraction of sp³-hybridized carbons (Fsp3) is 0.353. The van der Waals surface area contributed by atoms with E-state index < -0.39 is 12.1 Å². The van der Waals surface area contributed by atoms with Crippen molar-refractivity contribution in [1.29, 1.82) is 0 Å². The molecule has 0 saturated carbocycles. The summed E-state index contributed by atoms with van der Waals surface area (Å²) in [5.74, 6) is -2.31. The van der Waals surface area contributed by atoms with Crippen LogP contribution in [0, 0.1) is 6.92 Å². The molecule has 3 rings (SSSR count). The highest BCUT2D eigenvalue weighted by Crippen LogP contribution is 2.16. The number of carbonyl (C=O) groups is 2. The Morgan fingerprint density at radius 2 is 1.96 bits per heavy atom. The van der Waals surface area contributed by atoms with Crippen molar-refractivity contribution in [3.05, 3.63) is 52.9 Å². The highest BCUT2D eigenvalue weighted by molar-refractivity contribution is 5.92. The summed E-state index contributed by atoms with van der Waals surface area (Å²) >= 11 is 0. The number of nitrogens with zero attached hydrogens (tertiary/aromatic N) is 1. The minimum atomic E-state index is -5.08. The molecule has 2 heterocycles. The zero-order chi connectivity index (χ0) is 20.0. The number of hydrogen-bond donors (Lipinski definition) is 3. The van der Waals surface area contributed by atoms with Crippen molar-refractivity contribution in [2.75, 3.05) is 6.54 Å². The van der Waals surface area contributed by atoms with Crippen LogP contribution in [0.5, 0.6) is 0 Å². The molecule has 2 aromatic rings. The molecule has 1 aromatic heterocycles. The molecule has 0 saturated heterocycles.